The third-order valence-electron chi connectivity index (χ3n) is 3.72. The highest BCUT2D eigenvalue weighted by molar-refractivity contribution is 9.10. The van der Waals surface area contributed by atoms with E-state index in [-0.39, 0.29) is 16.0 Å². The molecule has 0 amide bonds. The third kappa shape index (κ3) is 2.19. The van der Waals surface area contributed by atoms with Crippen molar-refractivity contribution in [1.82, 2.24) is 5.32 Å². The van der Waals surface area contributed by atoms with Crippen LogP contribution >= 0.6 is 15.9 Å². The van der Waals surface area contributed by atoms with Gasteiger partial charge in [-0.25, -0.2) is 8.78 Å². The molecule has 1 saturated heterocycles. The van der Waals surface area contributed by atoms with Crippen LogP contribution in [-0.4, -0.2) is 18.2 Å². The quantitative estimate of drug-likeness (QED) is 0.821. The zero-order valence-corrected chi connectivity index (χ0v) is 11.7. The van der Waals surface area contributed by atoms with Crippen LogP contribution in [0.25, 0.3) is 0 Å². The minimum Gasteiger partial charge on any atom is -0.385 e. The van der Waals surface area contributed by atoms with E-state index in [1.807, 2.05) is 6.92 Å². The topological polar surface area (TPSA) is 32.3 Å². The van der Waals surface area contributed by atoms with Gasteiger partial charge in [-0.2, -0.15) is 0 Å². The maximum Gasteiger partial charge on any atom is 0.146 e. The zero-order valence-electron chi connectivity index (χ0n) is 10.1. The molecule has 2 rings (SSSR count). The molecule has 1 aromatic carbocycles. The molecule has 1 heterocycles. The average molecular weight is 320 g/mol. The Kier molecular flexibility index (Phi) is 4.04. The van der Waals surface area contributed by atoms with Crippen molar-refractivity contribution >= 4 is 15.9 Å². The van der Waals surface area contributed by atoms with Crippen LogP contribution in [-0.2, 0) is 5.60 Å². The van der Waals surface area contributed by atoms with E-state index in [2.05, 4.69) is 21.2 Å². The van der Waals surface area contributed by atoms with Crippen LogP contribution in [0.5, 0.6) is 0 Å². The van der Waals surface area contributed by atoms with Gasteiger partial charge in [0.05, 0.1) is 10.0 Å². The van der Waals surface area contributed by atoms with Crippen molar-refractivity contribution in [2.45, 2.75) is 25.4 Å². The number of nitrogens with one attached hydrogen (secondary N) is 1. The largest absolute Gasteiger partial charge is 0.385 e. The predicted octanol–water partition coefficient (Wildman–Crippen LogP) is 2.93. The molecule has 1 fully saturated rings. The van der Waals surface area contributed by atoms with Gasteiger partial charge in [0.25, 0.3) is 0 Å². The molecule has 0 saturated carbocycles. The number of halogens is 3. The van der Waals surface area contributed by atoms with E-state index in [1.165, 1.54) is 12.1 Å². The molecule has 2 atom stereocenters. The van der Waals surface area contributed by atoms with Gasteiger partial charge in [0, 0.05) is 12.5 Å². The molecule has 0 spiro atoms. The molecule has 2 nitrogen and oxygen atoms in total. The van der Waals surface area contributed by atoms with Crippen LogP contribution in [0, 0.1) is 17.6 Å². The lowest BCUT2D eigenvalue weighted by molar-refractivity contribution is -0.0533. The second-order valence-corrected chi connectivity index (χ2v) is 5.56. The summed E-state index contributed by atoms with van der Waals surface area (Å²) in [6.07, 6.45) is 0.977. The van der Waals surface area contributed by atoms with Gasteiger partial charge >= 0.3 is 0 Å². The first-order valence-corrected chi connectivity index (χ1v) is 6.87. The molecular formula is C13H16BrF2NO. The number of aliphatic hydroxyl groups is 1. The molecule has 0 aliphatic carbocycles. The van der Waals surface area contributed by atoms with Crippen molar-refractivity contribution in [1.29, 1.82) is 0 Å². The molecule has 1 aromatic rings. The first kappa shape index (κ1) is 13.9. The highest BCUT2D eigenvalue weighted by Crippen LogP contribution is 2.40. The van der Waals surface area contributed by atoms with Crippen LogP contribution in [0.2, 0.25) is 0 Å². The molecule has 18 heavy (non-hydrogen) atoms. The minimum absolute atomic E-state index is 0.181. The maximum atomic E-state index is 14.1. The second kappa shape index (κ2) is 5.23. The number of piperidine rings is 1. The van der Waals surface area contributed by atoms with E-state index in [0.29, 0.717) is 25.9 Å². The van der Waals surface area contributed by atoms with Gasteiger partial charge in [-0.15, -0.1) is 0 Å². The summed E-state index contributed by atoms with van der Waals surface area (Å²) in [5, 5.41) is 13.9. The van der Waals surface area contributed by atoms with Crippen LogP contribution < -0.4 is 5.32 Å². The summed E-state index contributed by atoms with van der Waals surface area (Å²) in [5.41, 5.74) is -1.64. The van der Waals surface area contributed by atoms with Crippen molar-refractivity contribution in [2.24, 2.45) is 5.92 Å². The van der Waals surface area contributed by atoms with Crippen LogP contribution in [0.4, 0.5) is 8.78 Å². The molecule has 1 aliphatic heterocycles. The van der Waals surface area contributed by atoms with E-state index < -0.39 is 17.2 Å². The van der Waals surface area contributed by atoms with Gasteiger partial charge in [-0.1, -0.05) is 6.92 Å². The SMILES string of the molecule is CCC1CNCCC1(O)c1c(F)ccc(Br)c1F. The molecule has 0 bridgehead atoms. The molecule has 1 aliphatic rings. The molecule has 0 radical (unpaired) electrons. The summed E-state index contributed by atoms with van der Waals surface area (Å²) >= 11 is 3.04. The van der Waals surface area contributed by atoms with Crippen molar-refractivity contribution in [3.63, 3.8) is 0 Å². The summed E-state index contributed by atoms with van der Waals surface area (Å²) in [6, 6.07) is 2.51. The molecule has 2 N–H and O–H groups in total. The molecular weight excluding hydrogens is 304 g/mol. The Bertz CT molecular complexity index is 455. The Morgan fingerprint density at radius 2 is 2.22 bits per heavy atom. The fourth-order valence-corrected chi connectivity index (χ4v) is 2.99. The number of benzene rings is 1. The lowest BCUT2D eigenvalue weighted by atomic mass is 9.75. The van der Waals surface area contributed by atoms with Gasteiger partial charge < -0.3 is 10.4 Å². The predicted molar refractivity (Wildman–Crippen MR) is 69.2 cm³/mol. The first-order valence-electron chi connectivity index (χ1n) is 6.07. The minimum atomic E-state index is -1.43. The maximum absolute atomic E-state index is 14.1. The fourth-order valence-electron chi connectivity index (χ4n) is 2.66. The molecule has 100 valence electrons. The van der Waals surface area contributed by atoms with Gasteiger partial charge in [-0.05, 0) is 47.4 Å². The van der Waals surface area contributed by atoms with Crippen LogP contribution in [0.3, 0.4) is 0 Å². The van der Waals surface area contributed by atoms with Crippen molar-refractivity contribution in [2.75, 3.05) is 13.1 Å². The Morgan fingerprint density at radius 3 is 2.89 bits per heavy atom. The molecule has 2 unspecified atom stereocenters. The first-order chi connectivity index (χ1) is 8.50. The second-order valence-electron chi connectivity index (χ2n) is 4.70. The summed E-state index contributed by atoms with van der Waals surface area (Å²) in [4.78, 5) is 0. The van der Waals surface area contributed by atoms with Gasteiger partial charge in [0.15, 0.2) is 0 Å². The summed E-state index contributed by atoms with van der Waals surface area (Å²) < 4.78 is 28.2. The Balaban J connectivity index is 2.54. The standard InChI is InChI=1S/C13H16BrF2NO/c1-2-8-7-17-6-5-13(8,18)11-10(15)4-3-9(14)12(11)16/h3-4,8,17-18H,2,5-7H2,1H3. The van der Waals surface area contributed by atoms with Crippen LogP contribution in [0.15, 0.2) is 16.6 Å². The van der Waals surface area contributed by atoms with E-state index >= 15 is 0 Å². The lowest BCUT2D eigenvalue weighted by Gasteiger charge is -2.40. The Hall–Kier alpha value is -0.520. The third-order valence-corrected chi connectivity index (χ3v) is 4.33. The fraction of sp³-hybridized carbons (Fsp3) is 0.538. The summed E-state index contributed by atoms with van der Waals surface area (Å²) in [6.45, 7) is 3.03. The molecule has 0 aromatic heterocycles. The van der Waals surface area contributed by atoms with E-state index in [9.17, 15) is 13.9 Å². The van der Waals surface area contributed by atoms with E-state index in [4.69, 9.17) is 0 Å². The van der Waals surface area contributed by atoms with E-state index in [0.717, 1.165) is 0 Å². The normalized spacial score (nSPS) is 28.4. The van der Waals surface area contributed by atoms with Crippen LogP contribution in [0.1, 0.15) is 25.3 Å². The van der Waals surface area contributed by atoms with Gasteiger partial charge in [0.1, 0.15) is 17.2 Å². The van der Waals surface area contributed by atoms with E-state index in [1.54, 1.807) is 0 Å². The monoisotopic (exact) mass is 319 g/mol. The highest BCUT2D eigenvalue weighted by atomic mass is 79.9. The number of rotatable bonds is 2. The zero-order chi connectivity index (χ0) is 13.3. The van der Waals surface area contributed by atoms with Gasteiger partial charge in [0.2, 0.25) is 0 Å². The summed E-state index contributed by atoms with van der Waals surface area (Å²) in [7, 11) is 0. The lowest BCUT2D eigenvalue weighted by Crippen LogP contribution is -2.48. The number of hydrogen-bond acceptors (Lipinski definition) is 2. The average Bonchev–Trinajstić information content (AvgIpc) is 2.35. The Morgan fingerprint density at radius 1 is 1.50 bits per heavy atom. The highest BCUT2D eigenvalue weighted by Gasteiger charge is 2.43. The van der Waals surface area contributed by atoms with Gasteiger partial charge in [-0.3, -0.25) is 0 Å². The summed E-state index contributed by atoms with van der Waals surface area (Å²) in [5.74, 6) is -1.57. The smallest absolute Gasteiger partial charge is 0.146 e. The Labute approximate surface area is 114 Å². The van der Waals surface area contributed by atoms with Crippen molar-refractivity contribution in [3.05, 3.63) is 33.8 Å². The van der Waals surface area contributed by atoms with Crippen molar-refractivity contribution < 1.29 is 13.9 Å². The number of hydrogen-bond donors (Lipinski definition) is 2. The van der Waals surface area contributed by atoms with Crippen molar-refractivity contribution in [3.8, 4) is 0 Å². The molecule has 5 heteroatoms.